The minimum Gasteiger partial charge on any atom is -0.489 e. The normalized spacial score (nSPS) is 19.8. The number of ether oxygens (including phenoxy) is 1. The van der Waals surface area contributed by atoms with Crippen molar-refractivity contribution in [3.05, 3.63) is 28.2 Å². The molecule has 0 saturated carbocycles. The Hall–Kier alpha value is -0.970. The van der Waals surface area contributed by atoms with Gasteiger partial charge in [0.2, 0.25) is 0 Å². The van der Waals surface area contributed by atoms with Crippen molar-refractivity contribution >= 4 is 29.2 Å². The van der Waals surface area contributed by atoms with E-state index in [-0.39, 0.29) is 0 Å². The second-order valence-electron chi connectivity index (χ2n) is 4.79. The molecule has 4 nitrogen and oxygen atoms in total. The van der Waals surface area contributed by atoms with Crippen LogP contribution in [0, 0.1) is 0 Å². The van der Waals surface area contributed by atoms with Crippen molar-refractivity contribution in [3.63, 3.8) is 0 Å². The van der Waals surface area contributed by atoms with E-state index in [0.29, 0.717) is 35.4 Å². The molecule has 0 aliphatic carbocycles. The first-order valence-electron chi connectivity index (χ1n) is 6.63. The lowest BCUT2D eigenvalue weighted by Crippen LogP contribution is -2.46. The molecule has 0 spiro atoms. The highest BCUT2D eigenvalue weighted by Gasteiger charge is 2.27. The summed E-state index contributed by atoms with van der Waals surface area (Å²) in [6.45, 7) is 1.71. The second kappa shape index (κ2) is 7.16. The molecule has 110 valence electrons. The number of aliphatic carboxylic acids is 1. The molecule has 0 radical (unpaired) electrons. The number of likely N-dealkylation sites (tertiary alicyclic amines) is 1. The Labute approximate surface area is 128 Å². The van der Waals surface area contributed by atoms with Crippen molar-refractivity contribution in [2.24, 2.45) is 0 Å². The molecule has 1 aliphatic heterocycles. The number of rotatable bonds is 5. The van der Waals surface area contributed by atoms with Gasteiger partial charge in [-0.2, -0.15) is 0 Å². The van der Waals surface area contributed by atoms with Crippen LogP contribution in [0.3, 0.4) is 0 Å². The van der Waals surface area contributed by atoms with Crippen LogP contribution < -0.4 is 4.74 Å². The lowest BCUT2D eigenvalue weighted by Gasteiger charge is -2.32. The van der Waals surface area contributed by atoms with E-state index in [0.717, 1.165) is 19.4 Å². The monoisotopic (exact) mass is 317 g/mol. The number of piperidine rings is 1. The van der Waals surface area contributed by atoms with E-state index in [2.05, 4.69) is 0 Å². The summed E-state index contributed by atoms with van der Waals surface area (Å²) in [5.74, 6) is -0.305. The van der Waals surface area contributed by atoms with Crippen LogP contribution in [0.5, 0.6) is 5.75 Å². The Morgan fingerprint density at radius 1 is 1.35 bits per heavy atom. The van der Waals surface area contributed by atoms with Crippen molar-refractivity contribution in [1.82, 2.24) is 4.90 Å². The molecule has 2 rings (SSSR count). The molecule has 1 atom stereocenters. The molecule has 1 aromatic carbocycles. The van der Waals surface area contributed by atoms with Crippen LogP contribution >= 0.6 is 23.2 Å². The molecular formula is C14H17Cl2NO3. The van der Waals surface area contributed by atoms with Crippen LogP contribution in [0.1, 0.15) is 19.3 Å². The van der Waals surface area contributed by atoms with E-state index in [4.69, 9.17) is 27.9 Å². The third-order valence-electron chi connectivity index (χ3n) is 3.44. The number of nitrogens with zero attached hydrogens (tertiary/aromatic N) is 1. The Morgan fingerprint density at radius 3 is 2.70 bits per heavy atom. The van der Waals surface area contributed by atoms with Crippen LogP contribution in [0.25, 0.3) is 0 Å². The van der Waals surface area contributed by atoms with Gasteiger partial charge in [-0.1, -0.05) is 35.7 Å². The van der Waals surface area contributed by atoms with Crippen LogP contribution in [-0.2, 0) is 4.79 Å². The van der Waals surface area contributed by atoms with E-state index in [1.165, 1.54) is 0 Å². The standard InChI is InChI=1S/C14H17Cl2NO3/c15-10-4-3-5-11(16)13(10)20-9-8-17-7-2-1-6-12(17)14(18)19/h3-5,12H,1-2,6-9H2,(H,18,19). The summed E-state index contributed by atoms with van der Waals surface area (Å²) >= 11 is 12.0. The topological polar surface area (TPSA) is 49.8 Å². The molecule has 20 heavy (non-hydrogen) atoms. The summed E-state index contributed by atoms with van der Waals surface area (Å²) in [7, 11) is 0. The molecule has 6 heteroatoms. The largest absolute Gasteiger partial charge is 0.489 e. The highest BCUT2D eigenvalue weighted by atomic mass is 35.5. The van der Waals surface area contributed by atoms with E-state index in [9.17, 15) is 9.90 Å². The molecule has 0 aromatic heterocycles. The molecule has 1 aliphatic rings. The highest BCUT2D eigenvalue weighted by molar-refractivity contribution is 6.37. The first-order chi connectivity index (χ1) is 9.59. The minimum atomic E-state index is -0.763. The summed E-state index contributed by atoms with van der Waals surface area (Å²) in [6, 6.07) is 4.77. The zero-order valence-electron chi connectivity index (χ0n) is 11.0. The number of halogens is 2. The van der Waals surface area contributed by atoms with E-state index in [1.807, 2.05) is 4.90 Å². The summed E-state index contributed by atoms with van der Waals surface area (Å²) in [4.78, 5) is 13.1. The Balaban J connectivity index is 1.90. The van der Waals surface area contributed by atoms with Gasteiger partial charge in [0.25, 0.3) is 0 Å². The van der Waals surface area contributed by atoms with Crippen LogP contribution in [-0.4, -0.2) is 41.7 Å². The van der Waals surface area contributed by atoms with E-state index in [1.54, 1.807) is 18.2 Å². The van der Waals surface area contributed by atoms with E-state index >= 15 is 0 Å². The molecule has 1 unspecified atom stereocenters. The Bertz CT molecular complexity index is 461. The van der Waals surface area contributed by atoms with Crippen molar-refractivity contribution in [3.8, 4) is 5.75 Å². The quantitative estimate of drug-likeness (QED) is 0.905. The number of benzene rings is 1. The van der Waals surface area contributed by atoms with E-state index < -0.39 is 12.0 Å². The number of hydrogen-bond acceptors (Lipinski definition) is 3. The number of carboxylic acids is 1. The fraction of sp³-hybridized carbons (Fsp3) is 0.500. The van der Waals surface area contributed by atoms with Gasteiger partial charge in [-0.25, -0.2) is 0 Å². The molecule has 1 fully saturated rings. The van der Waals surface area contributed by atoms with Gasteiger partial charge in [0, 0.05) is 6.54 Å². The van der Waals surface area contributed by atoms with Crippen molar-refractivity contribution in [1.29, 1.82) is 0 Å². The molecule has 1 saturated heterocycles. The first kappa shape index (κ1) is 15.4. The molecule has 0 bridgehead atoms. The fourth-order valence-electron chi connectivity index (χ4n) is 2.42. The van der Waals surface area contributed by atoms with Crippen LogP contribution in [0.15, 0.2) is 18.2 Å². The van der Waals surface area contributed by atoms with Gasteiger partial charge in [-0.15, -0.1) is 0 Å². The van der Waals surface area contributed by atoms with Gasteiger partial charge in [0.05, 0.1) is 10.0 Å². The van der Waals surface area contributed by atoms with Crippen molar-refractivity contribution in [2.45, 2.75) is 25.3 Å². The number of carbonyl (C=O) groups is 1. The first-order valence-corrected chi connectivity index (χ1v) is 7.39. The Kier molecular flexibility index (Phi) is 5.52. The average molecular weight is 318 g/mol. The van der Waals surface area contributed by atoms with Gasteiger partial charge in [0.1, 0.15) is 12.6 Å². The maximum atomic E-state index is 11.2. The number of para-hydroxylation sites is 1. The molecule has 1 aromatic rings. The van der Waals surface area contributed by atoms with Gasteiger partial charge in [-0.3, -0.25) is 9.69 Å². The van der Waals surface area contributed by atoms with Crippen molar-refractivity contribution < 1.29 is 14.6 Å². The van der Waals surface area contributed by atoms with Gasteiger partial charge < -0.3 is 9.84 Å². The number of carboxylic acid groups (broad SMARTS) is 1. The molecular weight excluding hydrogens is 301 g/mol. The zero-order chi connectivity index (χ0) is 14.5. The SMILES string of the molecule is O=C(O)C1CCCCN1CCOc1c(Cl)cccc1Cl. The van der Waals surface area contributed by atoms with Crippen LogP contribution in [0.2, 0.25) is 10.0 Å². The van der Waals surface area contributed by atoms with Crippen LogP contribution in [0.4, 0.5) is 0 Å². The maximum absolute atomic E-state index is 11.2. The fourth-order valence-corrected chi connectivity index (χ4v) is 2.93. The van der Waals surface area contributed by atoms with Gasteiger partial charge in [0.15, 0.2) is 5.75 Å². The molecule has 0 amide bonds. The zero-order valence-corrected chi connectivity index (χ0v) is 12.5. The van der Waals surface area contributed by atoms with Crippen molar-refractivity contribution in [2.75, 3.05) is 19.7 Å². The lowest BCUT2D eigenvalue weighted by molar-refractivity contribution is -0.144. The third-order valence-corrected chi connectivity index (χ3v) is 4.04. The van der Waals surface area contributed by atoms with Gasteiger partial charge >= 0.3 is 5.97 Å². The lowest BCUT2D eigenvalue weighted by atomic mass is 10.0. The summed E-state index contributed by atoms with van der Waals surface area (Å²) in [6.07, 6.45) is 2.68. The third kappa shape index (κ3) is 3.78. The van der Waals surface area contributed by atoms with Gasteiger partial charge in [-0.05, 0) is 31.5 Å². The smallest absolute Gasteiger partial charge is 0.320 e. The summed E-state index contributed by atoms with van der Waals surface area (Å²) in [5, 5.41) is 10.1. The molecule has 1 heterocycles. The predicted octanol–water partition coefficient (Wildman–Crippen LogP) is 3.31. The summed E-state index contributed by atoms with van der Waals surface area (Å²) in [5.41, 5.74) is 0. The highest BCUT2D eigenvalue weighted by Crippen LogP contribution is 2.32. The predicted molar refractivity (Wildman–Crippen MR) is 78.8 cm³/mol. The Morgan fingerprint density at radius 2 is 2.05 bits per heavy atom. The maximum Gasteiger partial charge on any atom is 0.320 e. The molecule has 1 N–H and O–H groups in total. The minimum absolute atomic E-state index is 0.368. The second-order valence-corrected chi connectivity index (χ2v) is 5.60. The summed E-state index contributed by atoms with van der Waals surface area (Å²) < 4.78 is 5.60. The number of hydrogen-bond donors (Lipinski definition) is 1. The average Bonchev–Trinajstić information content (AvgIpc) is 2.42.